The fraction of sp³-hybridized carbons (Fsp3) is 0.500. The zero-order chi connectivity index (χ0) is 12.4. The van der Waals surface area contributed by atoms with Crippen LogP contribution in [0.5, 0.6) is 0 Å². The first-order chi connectivity index (χ1) is 8.08. The summed E-state index contributed by atoms with van der Waals surface area (Å²) in [7, 11) is 1.93. The molecule has 0 spiro atoms. The van der Waals surface area contributed by atoms with Gasteiger partial charge in [-0.2, -0.15) is 5.10 Å². The standard InChI is InChI=1S/C12H19N5/c1-9(2)7-14-12-13-5-6-17(12)11-8-16(4)15-10(11)3/h5-6,8-9H,7H2,1-4H3,(H,13,14). The summed E-state index contributed by atoms with van der Waals surface area (Å²) >= 11 is 0. The maximum Gasteiger partial charge on any atom is 0.207 e. The number of rotatable bonds is 4. The second-order valence-electron chi connectivity index (χ2n) is 4.67. The normalized spacial score (nSPS) is 11.1. The minimum atomic E-state index is 0.593. The van der Waals surface area contributed by atoms with Crippen LogP contribution in [0.15, 0.2) is 18.6 Å². The Morgan fingerprint density at radius 2 is 2.18 bits per heavy atom. The van der Waals surface area contributed by atoms with Crippen molar-refractivity contribution in [1.82, 2.24) is 19.3 Å². The van der Waals surface area contributed by atoms with Crippen LogP contribution in [-0.4, -0.2) is 25.9 Å². The van der Waals surface area contributed by atoms with Gasteiger partial charge in [-0.05, 0) is 12.8 Å². The molecule has 5 nitrogen and oxygen atoms in total. The number of hydrogen-bond donors (Lipinski definition) is 1. The lowest BCUT2D eigenvalue weighted by Gasteiger charge is -2.10. The van der Waals surface area contributed by atoms with E-state index >= 15 is 0 Å². The minimum Gasteiger partial charge on any atom is -0.355 e. The van der Waals surface area contributed by atoms with Crippen LogP contribution in [0.25, 0.3) is 5.69 Å². The molecule has 0 fully saturated rings. The van der Waals surface area contributed by atoms with E-state index in [9.17, 15) is 0 Å². The Morgan fingerprint density at radius 1 is 1.41 bits per heavy atom. The maximum absolute atomic E-state index is 4.34. The molecule has 0 atom stereocenters. The molecule has 17 heavy (non-hydrogen) atoms. The summed E-state index contributed by atoms with van der Waals surface area (Å²) in [6.45, 7) is 7.27. The van der Waals surface area contributed by atoms with Gasteiger partial charge < -0.3 is 5.32 Å². The minimum absolute atomic E-state index is 0.593. The molecule has 2 aromatic heterocycles. The van der Waals surface area contributed by atoms with Crippen molar-refractivity contribution in [3.8, 4) is 5.69 Å². The van der Waals surface area contributed by atoms with E-state index < -0.39 is 0 Å². The van der Waals surface area contributed by atoms with Crippen molar-refractivity contribution in [2.45, 2.75) is 20.8 Å². The highest BCUT2D eigenvalue weighted by molar-refractivity contribution is 5.43. The second-order valence-corrected chi connectivity index (χ2v) is 4.67. The molecule has 92 valence electrons. The molecule has 0 unspecified atom stereocenters. The predicted octanol–water partition coefficient (Wildman–Crippen LogP) is 1.98. The van der Waals surface area contributed by atoms with E-state index in [0.717, 1.165) is 23.9 Å². The van der Waals surface area contributed by atoms with Gasteiger partial charge >= 0.3 is 0 Å². The smallest absolute Gasteiger partial charge is 0.207 e. The fourth-order valence-corrected chi connectivity index (χ4v) is 1.75. The van der Waals surface area contributed by atoms with E-state index in [2.05, 4.69) is 29.2 Å². The van der Waals surface area contributed by atoms with E-state index in [0.29, 0.717) is 5.92 Å². The number of anilines is 1. The summed E-state index contributed by atoms with van der Waals surface area (Å²) < 4.78 is 3.85. The lowest BCUT2D eigenvalue weighted by molar-refractivity contribution is 0.683. The predicted molar refractivity (Wildman–Crippen MR) is 68.4 cm³/mol. The van der Waals surface area contributed by atoms with Crippen LogP contribution in [0.2, 0.25) is 0 Å². The van der Waals surface area contributed by atoms with Crippen LogP contribution in [0.1, 0.15) is 19.5 Å². The topological polar surface area (TPSA) is 47.7 Å². The zero-order valence-corrected chi connectivity index (χ0v) is 10.8. The van der Waals surface area contributed by atoms with Gasteiger partial charge in [0.1, 0.15) is 0 Å². The third kappa shape index (κ3) is 2.49. The van der Waals surface area contributed by atoms with Crippen LogP contribution in [-0.2, 0) is 7.05 Å². The number of aryl methyl sites for hydroxylation is 2. The molecule has 0 aliphatic heterocycles. The molecule has 2 heterocycles. The molecule has 0 bridgehead atoms. The molecule has 0 saturated carbocycles. The Morgan fingerprint density at radius 3 is 2.76 bits per heavy atom. The number of aromatic nitrogens is 4. The number of imidazole rings is 1. The number of hydrogen-bond acceptors (Lipinski definition) is 3. The van der Waals surface area contributed by atoms with Crippen LogP contribution >= 0.6 is 0 Å². The molecule has 2 rings (SSSR count). The number of nitrogens with one attached hydrogen (secondary N) is 1. The quantitative estimate of drug-likeness (QED) is 0.878. The summed E-state index contributed by atoms with van der Waals surface area (Å²) in [5.74, 6) is 1.46. The molecule has 0 radical (unpaired) electrons. The largest absolute Gasteiger partial charge is 0.355 e. The Bertz CT molecular complexity index is 495. The van der Waals surface area contributed by atoms with Crippen molar-refractivity contribution < 1.29 is 0 Å². The van der Waals surface area contributed by atoms with E-state index in [4.69, 9.17) is 0 Å². The van der Waals surface area contributed by atoms with E-state index in [1.165, 1.54) is 0 Å². The van der Waals surface area contributed by atoms with E-state index in [-0.39, 0.29) is 0 Å². The van der Waals surface area contributed by atoms with Crippen molar-refractivity contribution in [1.29, 1.82) is 0 Å². The van der Waals surface area contributed by atoms with Gasteiger partial charge in [0, 0.05) is 32.2 Å². The molecule has 1 N–H and O–H groups in total. The van der Waals surface area contributed by atoms with Crippen LogP contribution < -0.4 is 5.32 Å². The Kier molecular flexibility index (Phi) is 3.17. The first kappa shape index (κ1) is 11.7. The molecule has 5 heteroatoms. The van der Waals surface area contributed by atoms with Crippen LogP contribution in [0, 0.1) is 12.8 Å². The molecule has 0 aliphatic carbocycles. The Hall–Kier alpha value is -1.78. The monoisotopic (exact) mass is 233 g/mol. The molecular formula is C12H19N5. The highest BCUT2D eigenvalue weighted by Crippen LogP contribution is 2.17. The summed E-state index contributed by atoms with van der Waals surface area (Å²) in [5.41, 5.74) is 2.06. The highest BCUT2D eigenvalue weighted by atomic mass is 15.3. The molecular weight excluding hydrogens is 214 g/mol. The highest BCUT2D eigenvalue weighted by Gasteiger charge is 2.10. The molecule has 0 aromatic carbocycles. The third-order valence-corrected chi connectivity index (χ3v) is 2.56. The molecule has 0 amide bonds. The van der Waals surface area contributed by atoms with E-state index in [1.54, 1.807) is 6.20 Å². The maximum atomic E-state index is 4.34. The van der Waals surface area contributed by atoms with Gasteiger partial charge in [0.15, 0.2) is 0 Å². The lowest BCUT2D eigenvalue weighted by atomic mass is 10.2. The zero-order valence-electron chi connectivity index (χ0n) is 10.8. The average Bonchev–Trinajstić information content (AvgIpc) is 2.81. The van der Waals surface area contributed by atoms with Gasteiger partial charge in [-0.25, -0.2) is 4.98 Å². The Labute approximate surface area is 101 Å². The summed E-state index contributed by atoms with van der Waals surface area (Å²) in [6, 6.07) is 0. The summed E-state index contributed by atoms with van der Waals surface area (Å²) in [5, 5.41) is 7.69. The van der Waals surface area contributed by atoms with Gasteiger partial charge in [-0.1, -0.05) is 13.8 Å². The SMILES string of the molecule is Cc1nn(C)cc1-n1ccnc1NCC(C)C. The average molecular weight is 233 g/mol. The second kappa shape index (κ2) is 4.61. The van der Waals surface area contributed by atoms with Crippen molar-refractivity contribution in [3.05, 3.63) is 24.3 Å². The first-order valence-electron chi connectivity index (χ1n) is 5.85. The lowest BCUT2D eigenvalue weighted by Crippen LogP contribution is -2.12. The van der Waals surface area contributed by atoms with Gasteiger partial charge in [0.2, 0.25) is 5.95 Å². The van der Waals surface area contributed by atoms with Gasteiger partial charge in [0.05, 0.1) is 11.4 Å². The molecule has 0 aliphatic rings. The fourth-order valence-electron chi connectivity index (χ4n) is 1.75. The van der Waals surface area contributed by atoms with Crippen LogP contribution in [0.3, 0.4) is 0 Å². The van der Waals surface area contributed by atoms with Gasteiger partial charge in [-0.3, -0.25) is 9.25 Å². The van der Waals surface area contributed by atoms with E-state index in [1.807, 2.05) is 35.6 Å². The van der Waals surface area contributed by atoms with Crippen LogP contribution in [0.4, 0.5) is 5.95 Å². The van der Waals surface area contributed by atoms with Crippen molar-refractivity contribution >= 4 is 5.95 Å². The molecule has 0 saturated heterocycles. The molecule has 2 aromatic rings. The summed E-state index contributed by atoms with van der Waals surface area (Å²) in [4.78, 5) is 4.33. The third-order valence-electron chi connectivity index (χ3n) is 2.56. The van der Waals surface area contributed by atoms with Crippen molar-refractivity contribution in [2.75, 3.05) is 11.9 Å². The van der Waals surface area contributed by atoms with Crippen molar-refractivity contribution in [2.24, 2.45) is 13.0 Å². The van der Waals surface area contributed by atoms with Gasteiger partial charge in [0.25, 0.3) is 0 Å². The summed E-state index contributed by atoms with van der Waals surface area (Å²) in [6.07, 6.45) is 5.75. The Balaban J connectivity index is 2.27. The van der Waals surface area contributed by atoms with Gasteiger partial charge in [-0.15, -0.1) is 0 Å². The van der Waals surface area contributed by atoms with Crippen molar-refractivity contribution in [3.63, 3.8) is 0 Å². The first-order valence-corrected chi connectivity index (χ1v) is 5.85. The number of nitrogens with zero attached hydrogens (tertiary/aromatic N) is 4.